The first-order valence-electron chi connectivity index (χ1n) is 24.6. The predicted molar refractivity (Wildman–Crippen MR) is 256 cm³/mol. The van der Waals surface area contributed by atoms with Crippen LogP contribution < -0.4 is 0 Å². The van der Waals surface area contributed by atoms with Crippen LogP contribution in [0.4, 0.5) is 0 Å². The average Bonchev–Trinajstić information content (AvgIpc) is 3.24. The number of hydrogen-bond donors (Lipinski definition) is 0. The van der Waals surface area contributed by atoms with E-state index < -0.39 is 6.10 Å². The van der Waals surface area contributed by atoms with Crippen LogP contribution in [0.2, 0.25) is 0 Å². The zero-order valence-corrected chi connectivity index (χ0v) is 38.9. The number of hydrogen-bond acceptors (Lipinski definition) is 6. The molecule has 0 heterocycles. The highest BCUT2D eigenvalue weighted by Crippen LogP contribution is 2.14. The first-order valence-corrected chi connectivity index (χ1v) is 24.6. The number of carbonyl (C=O) groups is 3. The standard InChI is InChI=1S/C54H90O6/c1-4-7-10-13-16-19-22-24-25-26-27-28-29-31-32-35-38-41-44-47-53(56)59-50-51(49-58-52(55)46-43-40-37-34-21-18-15-12-9-6-3)60-54(57)48-45-42-39-36-33-30-23-20-17-14-11-8-5-2/h7,10,15-16,18-19,24-25,27-28,31-32,38,41,51H,4-6,8-9,11-14,17,20-23,26,29-30,33-37,39-40,42-50H2,1-3H3/b10-7-,18-15-,19-16-,25-24-,28-27-,32-31-,41-38-. The second kappa shape index (κ2) is 48.3. The van der Waals surface area contributed by atoms with Gasteiger partial charge in [-0.15, -0.1) is 0 Å². The molecule has 60 heavy (non-hydrogen) atoms. The lowest BCUT2D eigenvalue weighted by Gasteiger charge is -2.18. The zero-order valence-electron chi connectivity index (χ0n) is 38.9. The normalized spacial score (nSPS) is 12.8. The van der Waals surface area contributed by atoms with Crippen molar-refractivity contribution in [2.45, 2.75) is 226 Å². The highest BCUT2D eigenvalue weighted by Gasteiger charge is 2.19. The molecule has 0 spiro atoms. The molecular formula is C54H90O6. The topological polar surface area (TPSA) is 78.9 Å². The van der Waals surface area contributed by atoms with E-state index in [9.17, 15) is 14.4 Å². The smallest absolute Gasteiger partial charge is 0.306 e. The Morgan fingerprint density at radius 2 is 0.700 bits per heavy atom. The Labute approximate surface area is 369 Å². The summed E-state index contributed by atoms with van der Waals surface area (Å²) in [4.78, 5) is 37.8. The molecule has 0 saturated carbocycles. The quantitative estimate of drug-likeness (QED) is 0.0263. The Kier molecular flexibility index (Phi) is 45.5. The van der Waals surface area contributed by atoms with Gasteiger partial charge in [-0.05, 0) is 77.0 Å². The van der Waals surface area contributed by atoms with Crippen molar-refractivity contribution in [3.8, 4) is 0 Å². The lowest BCUT2D eigenvalue weighted by Crippen LogP contribution is -2.30. The average molecular weight is 835 g/mol. The predicted octanol–water partition coefficient (Wildman–Crippen LogP) is 16.0. The summed E-state index contributed by atoms with van der Waals surface area (Å²) in [6, 6.07) is 0. The van der Waals surface area contributed by atoms with E-state index in [0.29, 0.717) is 19.3 Å². The third kappa shape index (κ3) is 45.7. The maximum Gasteiger partial charge on any atom is 0.306 e. The first-order chi connectivity index (χ1) is 29.5. The number of allylic oxidation sites excluding steroid dienone is 14. The van der Waals surface area contributed by atoms with Crippen molar-refractivity contribution in [3.63, 3.8) is 0 Å². The molecule has 0 amide bonds. The van der Waals surface area contributed by atoms with Crippen LogP contribution in [0.25, 0.3) is 0 Å². The molecule has 1 unspecified atom stereocenters. The van der Waals surface area contributed by atoms with Crippen LogP contribution in [0.15, 0.2) is 85.1 Å². The van der Waals surface area contributed by atoms with E-state index in [4.69, 9.17) is 14.2 Å². The van der Waals surface area contributed by atoms with Gasteiger partial charge in [0.15, 0.2) is 6.10 Å². The minimum Gasteiger partial charge on any atom is -0.462 e. The molecule has 0 aliphatic heterocycles. The first kappa shape index (κ1) is 56.6. The van der Waals surface area contributed by atoms with Gasteiger partial charge in [-0.1, -0.05) is 209 Å². The van der Waals surface area contributed by atoms with Crippen molar-refractivity contribution in [1.82, 2.24) is 0 Å². The van der Waals surface area contributed by atoms with E-state index >= 15 is 0 Å². The molecule has 0 bridgehead atoms. The summed E-state index contributed by atoms with van der Waals surface area (Å²) in [5, 5.41) is 0. The molecule has 342 valence electrons. The summed E-state index contributed by atoms with van der Waals surface area (Å²) in [5.41, 5.74) is 0. The van der Waals surface area contributed by atoms with Crippen LogP contribution in [0.1, 0.15) is 220 Å². The number of carbonyl (C=O) groups excluding carboxylic acids is 3. The number of esters is 3. The molecule has 1 atom stereocenters. The van der Waals surface area contributed by atoms with E-state index in [2.05, 4.69) is 93.7 Å². The summed E-state index contributed by atoms with van der Waals surface area (Å²) in [7, 11) is 0. The van der Waals surface area contributed by atoms with E-state index in [-0.39, 0.29) is 37.5 Å². The fourth-order valence-corrected chi connectivity index (χ4v) is 6.45. The van der Waals surface area contributed by atoms with Crippen LogP contribution in [0.5, 0.6) is 0 Å². The van der Waals surface area contributed by atoms with Crippen molar-refractivity contribution in [2.75, 3.05) is 13.2 Å². The molecule has 0 saturated heterocycles. The largest absolute Gasteiger partial charge is 0.462 e. The fraction of sp³-hybridized carbons (Fsp3) is 0.685. The van der Waals surface area contributed by atoms with Crippen LogP contribution in [-0.4, -0.2) is 37.2 Å². The summed E-state index contributed by atoms with van der Waals surface area (Å²) in [6.45, 7) is 6.39. The maximum atomic E-state index is 12.7. The van der Waals surface area contributed by atoms with Crippen molar-refractivity contribution >= 4 is 17.9 Å². The summed E-state index contributed by atoms with van der Waals surface area (Å²) in [6.07, 6.45) is 61.5. The molecule has 0 aromatic rings. The molecule has 6 heteroatoms. The van der Waals surface area contributed by atoms with Crippen molar-refractivity contribution in [3.05, 3.63) is 85.1 Å². The Morgan fingerprint density at radius 3 is 1.17 bits per heavy atom. The third-order valence-corrected chi connectivity index (χ3v) is 10.1. The Balaban J connectivity index is 4.48. The van der Waals surface area contributed by atoms with E-state index in [0.717, 1.165) is 96.3 Å². The molecule has 0 N–H and O–H groups in total. The van der Waals surface area contributed by atoms with Gasteiger partial charge in [-0.2, -0.15) is 0 Å². The van der Waals surface area contributed by atoms with Gasteiger partial charge in [0.2, 0.25) is 0 Å². The minimum absolute atomic E-state index is 0.105. The molecule has 6 nitrogen and oxygen atoms in total. The number of ether oxygens (including phenoxy) is 3. The van der Waals surface area contributed by atoms with Gasteiger partial charge in [0, 0.05) is 19.3 Å². The van der Waals surface area contributed by atoms with Gasteiger partial charge < -0.3 is 14.2 Å². The lowest BCUT2D eigenvalue weighted by molar-refractivity contribution is -0.166. The van der Waals surface area contributed by atoms with Crippen LogP contribution >= 0.6 is 0 Å². The van der Waals surface area contributed by atoms with Crippen molar-refractivity contribution in [1.29, 1.82) is 0 Å². The number of unbranched alkanes of at least 4 members (excludes halogenated alkanes) is 18. The SMILES string of the molecule is CC/C=C\C/C=C\C/C=C\C/C=C\C/C=C\C/C=C\CCC(=O)OCC(COC(=O)CCCCCC/C=C\CCCC)OC(=O)CCCCCCCCCCCCCCC. The molecule has 0 radical (unpaired) electrons. The second-order valence-electron chi connectivity index (χ2n) is 16.0. The Morgan fingerprint density at radius 1 is 0.350 bits per heavy atom. The van der Waals surface area contributed by atoms with Crippen molar-refractivity contribution < 1.29 is 28.6 Å². The molecule has 0 aliphatic carbocycles. The summed E-state index contributed by atoms with van der Waals surface area (Å²) < 4.78 is 16.7. The van der Waals surface area contributed by atoms with Gasteiger partial charge in [-0.3, -0.25) is 14.4 Å². The van der Waals surface area contributed by atoms with E-state index in [1.165, 1.54) is 77.0 Å². The highest BCUT2D eigenvalue weighted by atomic mass is 16.6. The van der Waals surface area contributed by atoms with Gasteiger partial charge in [0.05, 0.1) is 0 Å². The zero-order chi connectivity index (χ0) is 43.7. The fourth-order valence-electron chi connectivity index (χ4n) is 6.45. The molecular weight excluding hydrogens is 745 g/mol. The minimum atomic E-state index is -0.808. The highest BCUT2D eigenvalue weighted by molar-refractivity contribution is 5.71. The molecule has 0 fully saturated rings. The molecule has 0 aromatic carbocycles. The van der Waals surface area contributed by atoms with E-state index in [1.54, 1.807) is 0 Å². The molecule has 0 rings (SSSR count). The maximum absolute atomic E-state index is 12.7. The number of rotatable bonds is 43. The summed E-state index contributed by atoms with van der Waals surface area (Å²) >= 11 is 0. The van der Waals surface area contributed by atoms with Crippen molar-refractivity contribution in [2.24, 2.45) is 0 Å². The van der Waals surface area contributed by atoms with Gasteiger partial charge in [0.1, 0.15) is 13.2 Å². The Hall–Kier alpha value is -3.41. The van der Waals surface area contributed by atoms with Crippen LogP contribution in [0.3, 0.4) is 0 Å². The van der Waals surface area contributed by atoms with Crippen LogP contribution in [-0.2, 0) is 28.6 Å². The van der Waals surface area contributed by atoms with E-state index in [1.807, 2.05) is 12.2 Å². The van der Waals surface area contributed by atoms with Crippen LogP contribution in [0, 0.1) is 0 Å². The second-order valence-corrected chi connectivity index (χ2v) is 16.0. The Bertz CT molecular complexity index is 1190. The monoisotopic (exact) mass is 835 g/mol. The summed E-state index contributed by atoms with van der Waals surface area (Å²) in [5.74, 6) is -1.01. The van der Waals surface area contributed by atoms with Gasteiger partial charge in [-0.25, -0.2) is 0 Å². The van der Waals surface area contributed by atoms with Gasteiger partial charge in [0.25, 0.3) is 0 Å². The molecule has 0 aromatic heterocycles. The third-order valence-electron chi connectivity index (χ3n) is 10.1. The molecule has 0 aliphatic rings. The van der Waals surface area contributed by atoms with Gasteiger partial charge >= 0.3 is 17.9 Å². The lowest BCUT2D eigenvalue weighted by atomic mass is 10.0.